The van der Waals surface area contributed by atoms with E-state index >= 15 is 0 Å². The Morgan fingerprint density at radius 2 is 2.26 bits per heavy atom. The second-order valence-corrected chi connectivity index (χ2v) is 7.77. The molecule has 3 atom stereocenters. The molecule has 2 fully saturated rings. The highest BCUT2D eigenvalue weighted by atomic mass is 16.5. The van der Waals surface area contributed by atoms with Crippen LogP contribution in [0.15, 0.2) is 18.2 Å². The van der Waals surface area contributed by atoms with Crippen molar-refractivity contribution in [2.24, 2.45) is 5.92 Å². The zero-order valence-corrected chi connectivity index (χ0v) is 14.4. The highest BCUT2D eigenvalue weighted by molar-refractivity contribution is 5.45. The zero-order valence-electron chi connectivity index (χ0n) is 14.4. The molecule has 1 aliphatic heterocycles. The lowest BCUT2D eigenvalue weighted by molar-refractivity contribution is 0.0795. The smallest absolute Gasteiger partial charge is 0.135 e. The summed E-state index contributed by atoms with van der Waals surface area (Å²) >= 11 is 0. The van der Waals surface area contributed by atoms with Crippen LogP contribution in [0.2, 0.25) is 0 Å². The molecule has 0 aromatic heterocycles. The van der Waals surface area contributed by atoms with E-state index in [1.807, 2.05) is 6.61 Å². The normalized spacial score (nSPS) is 32.0. The Morgan fingerprint density at radius 1 is 1.30 bits per heavy atom. The largest absolute Gasteiger partial charge is 0.487 e. The molecule has 125 valence electrons. The molecule has 23 heavy (non-hydrogen) atoms. The van der Waals surface area contributed by atoms with Crippen LogP contribution in [0.25, 0.3) is 0 Å². The number of hydrogen-bond acceptors (Lipinski definition) is 2. The van der Waals surface area contributed by atoms with Crippen molar-refractivity contribution in [2.45, 2.75) is 76.2 Å². The molecular weight excluding hydrogens is 282 g/mol. The fraction of sp³-hybridized carbons (Fsp3) is 0.667. The van der Waals surface area contributed by atoms with Crippen LogP contribution in [0.3, 0.4) is 0 Å². The standard InChI is InChI=1S/C21H30NO/c1-2-3-6-13-23-17-9-8-16-14-20-18-7-4-5-10-21(18,11-12-22-20)19(16)15-17/h8-9,13,15,18,20,22H,2-7,10-12,14H2,1H3/t18-,20+,21+/m0/s1. The van der Waals surface area contributed by atoms with Crippen LogP contribution >= 0.6 is 0 Å². The first-order valence-electron chi connectivity index (χ1n) is 9.68. The van der Waals surface area contributed by atoms with E-state index in [4.69, 9.17) is 4.74 Å². The molecule has 4 rings (SSSR count). The molecule has 0 spiro atoms. The summed E-state index contributed by atoms with van der Waals surface area (Å²) in [5, 5.41) is 3.81. The first kappa shape index (κ1) is 15.5. The summed E-state index contributed by atoms with van der Waals surface area (Å²) in [6, 6.07) is 7.61. The van der Waals surface area contributed by atoms with Crippen LogP contribution in [0.4, 0.5) is 0 Å². The van der Waals surface area contributed by atoms with Gasteiger partial charge in [0.2, 0.25) is 0 Å². The quantitative estimate of drug-likeness (QED) is 0.791. The number of benzene rings is 1. The van der Waals surface area contributed by atoms with E-state index in [0.29, 0.717) is 11.5 Å². The van der Waals surface area contributed by atoms with Crippen LogP contribution in [-0.2, 0) is 11.8 Å². The van der Waals surface area contributed by atoms with Crippen LogP contribution in [-0.4, -0.2) is 12.6 Å². The number of ether oxygens (including phenoxy) is 1. The van der Waals surface area contributed by atoms with Gasteiger partial charge in [0.15, 0.2) is 0 Å². The third-order valence-corrected chi connectivity index (χ3v) is 6.51. The first-order valence-corrected chi connectivity index (χ1v) is 9.68. The van der Waals surface area contributed by atoms with Gasteiger partial charge in [0.05, 0.1) is 0 Å². The topological polar surface area (TPSA) is 21.3 Å². The Bertz CT molecular complexity index is 551. The van der Waals surface area contributed by atoms with E-state index in [1.165, 1.54) is 57.9 Å². The molecule has 2 aliphatic carbocycles. The zero-order chi connectivity index (χ0) is 15.7. The lowest BCUT2D eigenvalue weighted by atomic mass is 9.53. The second-order valence-electron chi connectivity index (χ2n) is 7.77. The van der Waals surface area contributed by atoms with Gasteiger partial charge >= 0.3 is 0 Å². The van der Waals surface area contributed by atoms with E-state index in [2.05, 4.69) is 30.4 Å². The minimum absolute atomic E-state index is 0.435. The minimum atomic E-state index is 0.435. The Labute approximate surface area is 141 Å². The lowest BCUT2D eigenvalue weighted by Crippen LogP contribution is -2.59. The van der Waals surface area contributed by atoms with Crippen molar-refractivity contribution in [1.82, 2.24) is 5.32 Å². The molecule has 0 amide bonds. The molecule has 2 nitrogen and oxygen atoms in total. The monoisotopic (exact) mass is 312 g/mol. The summed E-state index contributed by atoms with van der Waals surface area (Å²) in [5.74, 6) is 1.90. The summed E-state index contributed by atoms with van der Waals surface area (Å²) in [4.78, 5) is 0. The maximum Gasteiger partial charge on any atom is 0.135 e. The number of nitrogens with one attached hydrogen (secondary N) is 1. The maximum atomic E-state index is 5.95. The number of piperidine rings is 1. The second kappa shape index (κ2) is 6.47. The van der Waals surface area contributed by atoms with Gasteiger partial charge in [0, 0.05) is 11.5 Å². The third kappa shape index (κ3) is 2.69. The van der Waals surface area contributed by atoms with Gasteiger partial charge in [-0.05, 0) is 74.2 Å². The third-order valence-electron chi connectivity index (χ3n) is 6.51. The van der Waals surface area contributed by atoms with Gasteiger partial charge in [-0.15, -0.1) is 0 Å². The highest BCUT2D eigenvalue weighted by Crippen LogP contribution is 2.54. The van der Waals surface area contributed by atoms with E-state index in [0.717, 1.165) is 18.1 Å². The molecule has 3 aliphatic rings. The Hall–Kier alpha value is -1.02. The van der Waals surface area contributed by atoms with Gasteiger partial charge in [0.1, 0.15) is 12.4 Å². The molecule has 2 bridgehead atoms. The van der Waals surface area contributed by atoms with E-state index in [9.17, 15) is 0 Å². The molecule has 1 aromatic carbocycles. The molecular formula is C21H30NO. The summed E-state index contributed by atoms with van der Waals surface area (Å²) < 4.78 is 5.95. The van der Waals surface area contributed by atoms with Crippen LogP contribution in [0, 0.1) is 12.5 Å². The van der Waals surface area contributed by atoms with Gasteiger partial charge in [0.25, 0.3) is 0 Å². The fourth-order valence-corrected chi connectivity index (χ4v) is 5.42. The van der Waals surface area contributed by atoms with Crippen molar-refractivity contribution < 1.29 is 4.74 Å². The van der Waals surface area contributed by atoms with E-state index in [1.54, 1.807) is 11.1 Å². The summed E-state index contributed by atoms with van der Waals surface area (Å²) in [6.45, 7) is 5.41. The van der Waals surface area contributed by atoms with Crippen LogP contribution in [0.1, 0.15) is 69.4 Å². The average molecular weight is 312 g/mol. The van der Waals surface area contributed by atoms with Crippen molar-refractivity contribution in [1.29, 1.82) is 0 Å². The summed E-state index contributed by atoms with van der Waals surface area (Å²) in [7, 11) is 0. The number of hydrogen-bond donors (Lipinski definition) is 1. The average Bonchev–Trinajstić information content (AvgIpc) is 2.59. The van der Waals surface area contributed by atoms with Crippen molar-refractivity contribution in [2.75, 3.05) is 6.54 Å². The van der Waals surface area contributed by atoms with Gasteiger partial charge in [-0.1, -0.05) is 32.3 Å². The van der Waals surface area contributed by atoms with Gasteiger partial charge in [-0.2, -0.15) is 0 Å². The number of fused-ring (bicyclic) bond motifs is 1. The summed E-state index contributed by atoms with van der Waals surface area (Å²) in [6.07, 6.45) is 11.6. The predicted octanol–water partition coefficient (Wildman–Crippen LogP) is 4.76. The summed E-state index contributed by atoms with van der Waals surface area (Å²) in [5.41, 5.74) is 3.63. The predicted molar refractivity (Wildman–Crippen MR) is 94.6 cm³/mol. The Morgan fingerprint density at radius 3 is 3.17 bits per heavy atom. The molecule has 2 heteroatoms. The van der Waals surface area contributed by atoms with E-state index in [-0.39, 0.29) is 0 Å². The molecule has 0 unspecified atom stereocenters. The van der Waals surface area contributed by atoms with Gasteiger partial charge < -0.3 is 10.1 Å². The van der Waals surface area contributed by atoms with Crippen molar-refractivity contribution in [3.63, 3.8) is 0 Å². The van der Waals surface area contributed by atoms with E-state index < -0.39 is 0 Å². The molecule has 1 radical (unpaired) electrons. The van der Waals surface area contributed by atoms with Gasteiger partial charge in [-0.25, -0.2) is 0 Å². The van der Waals surface area contributed by atoms with Crippen LogP contribution < -0.4 is 10.1 Å². The molecule has 1 N–H and O–H groups in total. The Balaban J connectivity index is 1.61. The maximum absolute atomic E-state index is 5.95. The Kier molecular flexibility index (Phi) is 4.36. The number of unbranched alkanes of at least 4 members (excludes halogenated alkanes) is 2. The highest BCUT2D eigenvalue weighted by Gasteiger charge is 2.51. The van der Waals surface area contributed by atoms with Crippen molar-refractivity contribution >= 4 is 0 Å². The van der Waals surface area contributed by atoms with Crippen LogP contribution in [0.5, 0.6) is 5.75 Å². The SMILES string of the molecule is CCCC[CH]Oc1ccc2c(c1)[C@@]13CCCC[C@H]1[C@@H](C2)NCC3. The minimum Gasteiger partial charge on any atom is -0.487 e. The number of rotatable bonds is 5. The van der Waals surface area contributed by atoms with Crippen molar-refractivity contribution in [3.05, 3.63) is 35.9 Å². The first-order chi connectivity index (χ1) is 11.3. The van der Waals surface area contributed by atoms with Gasteiger partial charge in [-0.3, -0.25) is 0 Å². The molecule has 1 aromatic rings. The van der Waals surface area contributed by atoms with Crippen molar-refractivity contribution in [3.8, 4) is 5.75 Å². The molecule has 1 saturated heterocycles. The lowest BCUT2D eigenvalue weighted by Gasteiger charge is -2.56. The molecule has 1 saturated carbocycles. The molecule has 1 heterocycles. The fourth-order valence-electron chi connectivity index (χ4n) is 5.42.